The molecule has 0 fully saturated rings. The minimum absolute atomic E-state index is 0.0556. The molecule has 6 heteroatoms. The van der Waals surface area contributed by atoms with E-state index in [1.165, 1.54) is 22.5 Å². The molecule has 0 atom stereocenters. The van der Waals surface area contributed by atoms with Crippen LogP contribution in [0.25, 0.3) is 0 Å². The second-order valence-corrected chi connectivity index (χ2v) is 11.5. The summed E-state index contributed by atoms with van der Waals surface area (Å²) in [6.45, 7) is 2.04. The smallest absolute Gasteiger partial charge is 0.132 e. The predicted molar refractivity (Wildman–Crippen MR) is 176 cm³/mol. The molecule has 5 aromatic carbocycles. The third kappa shape index (κ3) is 10.7. The summed E-state index contributed by atoms with van der Waals surface area (Å²) >= 11 is 0. The van der Waals surface area contributed by atoms with Gasteiger partial charge in [-0.25, -0.2) is 0 Å². The fourth-order valence-electron chi connectivity index (χ4n) is 4.67. The van der Waals surface area contributed by atoms with E-state index < -0.39 is 11.9 Å². The van der Waals surface area contributed by atoms with Gasteiger partial charge in [0.1, 0.15) is 24.5 Å². The highest BCUT2D eigenvalue weighted by Gasteiger charge is 2.19. The van der Waals surface area contributed by atoms with Crippen LogP contribution < -0.4 is 19.2 Å². The molecule has 0 radical (unpaired) electrons. The fraction of sp³-hybridized carbons (Fsp3) is 0.158. The van der Waals surface area contributed by atoms with E-state index in [9.17, 15) is 19.8 Å². The Morgan fingerprint density at radius 1 is 0.432 bits per heavy atom. The number of carboxylic acids is 2. The first kappa shape index (κ1) is 33.5. The van der Waals surface area contributed by atoms with E-state index >= 15 is 0 Å². The maximum Gasteiger partial charge on any atom is 0.132 e. The number of hydrogen-bond donors (Lipinski definition) is 0. The molecule has 226 valence electrons. The Kier molecular flexibility index (Phi) is 12.2. The lowest BCUT2D eigenvalue weighted by molar-refractivity contribution is -0.256. The van der Waals surface area contributed by atoms with E-state index in [4.69, 9.17) is 0 Å². The van der Waals surface area contributed by atoms with Crippen molar-refractivity contribution in [2.24, 2.45) is 0 Å². The van der Waals surface area contributed by atoms with Gasteiger partial charge in [-0.15, -0.1) is 0 Å². The third-order valence-corrected chi connectivity index (χ3v) is 7.11. The molecular weight excluding hydrogens is 548 g/mol. The lowest BCUT2D eigenvalue weighted by atomic mass is 10.1. The molecule has 0 saturated carbocycles. The van der Waals surface area contributed by atoms with Crippen molar-refractivity contribution in [3.63, 3.8) is 0 Å². The molecule has 0 aliphatic carbocycles. The van der Waals surface area contributed by atoms with E-state index in [2.05, 4.69) is 150 Å². The lowest BCUT2D eigenvalue weighted by Crippen LogP contribution is -2.39. The van der Waals surface area contributed by atoms with Crippen LogP contribution in [-0.4, -0.2) is 40.1 Å². The van der Waals surface area contributed by atoms with Crippen molar-refractivity contribution >= 4 is 23.3 Å². The van der Waals surface area contributed by atoms with E-state index in [1.807, 2.05) is 0 Å². The van der Waals surface area contributed by atoms with Crippen LogP contribution in [-0.2, 0) is 13.1 Å². The van der Waals surface area contributed by atoms with Crippen LogP contribution in [0.4, 0.5) is 11.4 Å². The van der Waals surface area contributed by atoms with Crippen molar-refractivity contribution in [2.75, 3.05) is 28.2 Å². The van der Waals surface area contributed by atoms with Crippen LogP contribution in [0.15, 0.2) is 146 Å². The molecule has 44 heavy (non-hydrogen) atoms. The third-order valence-electron chi connectivity index (χ3n) is 7.11. The van der Waals surface area contributed by atoms with Crippen LogP contribution in [0.1, 0.15) is 31.8 Å². The molecule has 0 aliphatic rings. The van der Waals surface area contributed by atoms with Crippen LogP contribution in [0.2, 0.25) is 0 Å². The van der Waals surface area contributed by atoms with Crippen molar-refractivity contribution in [1.82, 2.24) is 8.97 Å². The summed E-state index contributed by atoms with van der Waals surface area (Å²) in [4.78, 5) is 20.4. The fourth-order valence-corrected chi connectivity index (χ4v) is 4.67. The summed E-state index contributed by atoms with van der Waals surface area (Å²) in [6, 6.07) is 47.1. The number of carbonyl (C=O) groups is 2. The van der Waals surface area contributed by atoms with Crippen LogP contribution >= 0.6 is 0 Å². The van der Waals surface area contributed by atoms with Crippen LogP contribution in [0.5, 0.6) is 0 Å². The minimum Gasteiger partial charge on any atom is -0.545 e. The highest BCUT2D eigenvalue weighted by molar-refractivity contribution is 5.89. The predicted octanol–water partition coefficient (Wildman–Crippen LogP) is 5.32. The average Bonchev–Trinajstić information content (AvgIpc) is 3.03. The highest BCUT2D eigenvalue weighted by atomic mass is 16.4. The standard InChI is InChI=1S/2C15H18N.C8H6O4/c2*1-16(2,15-11-7-4-8-12-15)13-14-9-5-3-6-10-14;9-7(10)5-1-2-6(4-3-5)8(11)12/h2*3-12H,13H2,1-2H3;1-4H,(H,9,10)(H,11,12)/q2*+1;/p-2. The summed E-state index contributed by atoms with van der Waals surface area (Å²) in [5, 5.41) is 20.4. The molecule has 0 N–H and O–H groups in total. The van der Waals surface area contributed by atoms with Gasteiger partial charge >= 0.3 is 0 Å². The first-order valence-corrected chi connectivity index (χ1v) is 14.4. The van der Waals surface area contributed by atoms with Gasteiger partial charge in [0.05, 0.1) is 40.1 Å². The SMILES string of the molecule is C[N+](C)(Cc1ccccc1)c1ccccc1.C[N+](C)(Cc1ccccc1)c1ccccc1.O=C([O-])c1ccc(C(=O)[O-])cc1. The molecule has 5 rings (SSSR count). The normalized spacial score (nSPS) is 10.8. The number of nitrogens with zero attached hydrogens (tertiary/aromatic N) is 2. The second kappa shape index (κ2) is 16.0. The van der Waals surface area contributed by atoms with E-state index in [-0.39, 0.29) is 11.1 Å². The first-order valence-electron chi connectivity index (χ1n) is 14.4. The summed E-state index contributed by atoms with van der Waals surface area (Å²) in [6.07, 6.45) is 0. The van der Waals surface area contributed by atoms with Gasteiger partial charge in [-0.2, -0.15) is 0 Å². The van der Waals surface area contributed by atoms with Crippen molar-refractivity contribution in [3.05, 3.63) is 168 Å². The number of benzene rings is 5. The average molecular weight is 589 g/mol. The first-order chi connectivity index (χ1) is 21.0. The zero-order chi connectivity index (χ0) is 32.0. The summed E-state index contributed by atoms with van der Waals surface area (Å²) in [5.41, 5.74) is 5.31. The molecular formula is C38H40N2O4. The molecule has 6 nitrogen and oxygen atoms in total. The topological polar surface area (TPSA) is 80.3 Å². The Morgan fingerprint density at radius 3 is 0.932 bits per heavy atom. The molecule has 0 spiro atoms. The Hall–Kier alpha value is -5.04. The largest absolute Gasteiger partial charge is 0.545 e. The number of rotatable bonds is 8. The number of quaternary nitrogens is 2. The van der Waals surface area contributed by atoms with Gasteiger partial charge < -0.3 is 19.8 Å². The van der Waals surface area contributed by atoms with Crippen molar-refractivity contribution in [2.45, 2.75) is 13.1 Å². The van der Waals surface area contributed by atoms with Crippen molar-refractivity contribution in [1.29, 1.82) is 0 Å². The van der Waals surface area contributed by atoms with E-state index in [1.54, 1.807) is 0 Å². The van der Waals surface area contributed by atoms with Gasteiger partial charge in [0.25, 0.3) is 0 Å². The molecule has 0 aromatic heterocycles. The quantitative estimate of drug-likeness (QED) is 0.230. The summed E-state index contributed by atoms with van der Waals surface area (Å²) in [5.74, 6) is -2.67. The highest BCUT2D eigenvalue weighted by Crippen LogP contribution is 2.22. The van der Waals surface area contributed by atoms with Crippen molar-refractivity contribution < 1.29 is 19.8 Å². The van der Waals surface area contributed by atoms with E-state index in [0.717, 1.165) is 46.3 Å². The summed E-state index contributed by atoms with van der Waals surface area (Å²) in [7, 11) is 8.95. The number of hydrogen-bond acceptors (Lipinski definition) is 4. The zero-order valence-electron chi connectivity index (χ0n) is 25.8. The summed E-state index contributed by atoms with van der Waals surface area (Å²) < 4.78 is 1.76. The maximum absolute atomic E-state index is 10.2. The molecule has 0 amide bonds. The molecule has 5 aromatic rings. The van der Waals surface area contributed by atoms with Crippen LogP contribution in [0, 0.1) is 0 Å². The van der Waals surface area contributed by atoms with Gasteiger partial charge in [-0.05, 0) is 35.4 Å². The van der Waals surface area contributed by atoms with Crippen LogP contribution in [0.3, 0.4) is 0 Å². The molecule has 0 unspecified atom stereocenters. The Balaban J connectivity index is 0.000000183. The van der Waals surface area contributed by atoms with Gasteiger partial charge in [0.2, 0.25) is 0 Å². The van der Waals surface area contributed by atoms with Gasteiger partial charge in [-0.3, -0.25) is 8.97 Å². The molecule has 0 saturated heterocycles. The van der Waals surface area contributed by atoms with Gasteiger partial charge in [-0.1, -0.05) is 121 Å². The second-order valence-electron chi connectivity index (χ2n) is 11.5. The lowest BCUT2D eigenvalue weighted by Gasteiger charge is -2.29. The zero-order valence-corrected chi connectivity index (χ0v) is 25.8. The van der Waals surface area contributed by atoms with Gasteiger partial charge in [0.15, 0.2) is 0 Å². The van der Waals surface area contributed by atoms with E-state index in [0.29, 0.717) is 0 Å². The number of para-hydroxylation sites is 2. The maximum atomic E-state index is 10.2. The Labute approximate surface area is 260 Å². The number of aromatic carboxylic acids is 2. The molecule has 0 bridgehead atoms. The monoisotopic (exact) mass is 588 g/mol. The number of carboxylic acid groups (broad SMARTS) is 2. The Bertz CT molecular complexity index is 1450. The molecule has 0 heterocycles. The Morgan fingerprint density at radius 2 is 0.682 bits per heavy atom. The molecule has 0 aliphatic heterocycles. The van der Waals surface area contributed by atoms with Crippen molar-refractivity contribution in [3.8, 4) is 0 Å². The minimum atomic E-state index is -1.33. The number of carbonyl (C=O) groups excluding carboxylic acids is 2. The van der Waals surface area contributed by atoms with Gasteiger partial charge in [0, 0.05) is 11.1 Å².